The van der Waals surface area contributed by atoms with E-state index < -0.39 is 15.9 Å². The molecule has 190 valence electrons. The Morgan fingerprint density at radius 1 is 0.865 bits per heavy atom. The number of hydrogen-bond acceptors (Lipinski definition) is 6. The van der Waals surface area contributed by atoms with Gasteiger partial charge in [-0.2, -0.15) is 5.10 Å². The molecule has 3 aromatic carbocycles. The van der Waals surface area contributed by atoms with Crippen molar-refractivity contribution in [1.29, 1.82) is 0 Å². The lowest BCUT2D eigenvalue weighted by Crippen LogP contribution is -2.29. The van der Waals surface area contributed by atoms with Crippen molar-refractivity contribution in [1.82, 2.24) is 5.43 Å². The first-order valence-corrected chi connectivity index (χ1v) is 12.9. The number of carbonyl (C=O) groups excluding carboxylic acids is 3. The van der Waals surface area contributed by atoms with Crippen LogP contribution in [0.15, 0.2) is 76.7 Å². The highest BCUT2D eigenvalue weighted by molar-refractivity contribution is 7.89. The van der Waals surface area contributed by atoms with Crippen LogP contribution in [0.1, 0.15) is 69.9 Å². The molecule has 0 saturated carbocycles. The molecule has 3 aromatic rings. The Bertz CT molecular complexity index is 1550. The summed E-state index contributed by atoms with van der Waals surface area (Å²) in [6.45, 7) is 7.82. The van der Waals surface area contributed by atoms with Crippen LogP contribution in [0.2, 0.25) is 0 Å². The van der Waals surface area contributed by atoms with E-state index in [4.69, 9.17) is 5.14 Å². The number of primary sulfonamides is 1. The van der Waals surface area contributed by atoms with E-state index in [1.807, 2.05) is 26.8 Å². The van der Waals surface area contributed by atoms with Crippen molar-refractivity contribution in [2.45, 2.75) is 38.0 Å². The predicted octanol–water partition coefficient (Wildman–Crippen LogP) is 3.59. The summed E-state index contributed by atoms with van der Waals surface area (Å²) in [4.78, 5) is 39.5. The number of benzene rings is 3. The molecule has 37 heavy (non-hydrogen) atoms. The van der Waals surface area contributed by atoms with E-state index in [1.165, 1.54) is 24.3 Å². The van der Waals surface area contributed by atoms with Crippen molar-refractivity contribution >= 4 is 39.1 Å². The molecular formula is C27H26N4O5S. The number of carbonyl (C=O) groups is 3. The molecule has 3 amide bonds. The molecule has 10 heteroatoms. The molecule has 0 aliphatic carbocycles. The van der Waals surface area contributed by atoms with Crippen LogP contribution >= 0.6 is 0 Å². The summed E-state index contributed by atoms with van der Waals surface area (Å²) in [5.74, 6) is -1.28. The number of nitrogens with zero attached hydrogens (tertiary/aromatic N) is 2. The SMILES string of the molecule is C/C(=N\NC(=O)c1ccc(S(N)(=O)=O)cc1)c1ccc(N2C(=O)c3ccc(C(C)(C)C)cc3C2=O)cc1. The Labute approximate surface area is 215 Å². The van der Waals surface area contributed by atoms with Crippen molar-refractivity contribution in [3.63, 3.8) is 0 Å². The molecule has 1 aliphatic rings. The fourth-order valence-electron chi connectivity index (χ4n) is 3.85. The number of rotatable bonds is 5. The largest absolute Gasteiger partial charge is 0.271 e. The number of imide groups is 1. The second kappa shape index (κ2) is 9.38. The number of sulfonamides is 1. The van der Waals surface area contributed by atoms with Gasteiger partial charge >= 0.3 is 0 Å². The average molecular weight is 519 g/mol. The first-order valence-electron chi connectivity index (χ1n) is 11.4. The van der Waals surface area contributed by atoms with E-state index in [1.54, 1.807) is 43.3 Å². The zero-order valence-electron chi connectivity index (χ0n) is 20.8. The molecule has 0 aromatic heterocycles. The standard InChI is InChI=1S/C27H26N4O5S/c1-16(29-30-24(32)18-7-12-21(13-8-18)37(28,35)36)17-5-10-20(11-6-17)31-25(33)22-14-9-19(27(2,3)4)15-23(22)26(31)34/h5-15H,1-4H3,(H,30,32)(H2,28,35,36)/b29-16+. The Morgan fingerprint density at radius 2 is 1.43 bits per heavy atom. The van der Waals surface area contributed by atoms with Crippen molar-refractivity contribution in [2.24, 2.45) is 10.2 Å². The fourth-order valence-corrected chi connectivity index (χ4v) is 4.37. The number of amides is 3. The van der Waals surface area contributed by atoms with Crippen LogP contribution in [0.5, 0.6) is 0 Å². The number of nitrogens with one attached hydrogen (secondary N) is 1. The van der Waals surface area contributed by atoms with Gasteiger partial charge in [-0.1, -0.05) is 39.0 Å². The lowest BCUT2D eigenvalue weighted by atomic mass is 9.85. The minimum Gasteiger partial charge on any atom is -0.268 e. The smallest absolute Gasteiger partial charge is 0.268 e. The Balaban J connectivity index is 1.48. The van der Waals surface area contributed by atoms with Gasteiger partial charge in [-0.25, -0.2) is 23.9 Å². The van der Waals surface area contributed by atoms with Gasteiger partial charge in [-0.05, 0) is 72.0 Å². The summed E-state index contributed by atoms with van der Waals surface area (Å²) in [5.41, 5.74) is 5.78. The predicted molar refractivity (Wildman–Crippen MR) is 140 cm³/mol. The van der Waals surface area contributed by atoms with E-state index in [9.17, 15) is 22.8 Å². The summed E-state index contributed by atoms with van der Waals surface area (Å²) in [7, 11) is -3.85. The van der Waals surface area contributed by atoms with Crippen molar-refractivity contribution in [3.05, 3.63) is 94.5 Å². The monoisotopic (exact) mass is 518 g/mol. The molecule has 0 radical (unpaired) electrons. The number of hydrogen-bond donors (Lipinski definition) is 2. The summed E-state index contributed by atoms with van der Waals surface area (Å²) in [6, 6.07) is 17.2. The molecule has 0 bridgehead atoms. The van der Waals surface area contributed by atoms with E-state index in [0.29, 0.717) is 28.1 Å². The lowest BCUT2D eigenvalue weighted by molar-refractivity contribution is 0.0922. The van der Waals surface area contributed by atoms with Gasteiger partial charge < -0.3 is 0 Å². The highest BCUT2D eigenvalue weighted by atomic mass is 32.2. The number of anilines is 1. The fraction of sp³-hybridized carbons (Fsp3) is 0.185. The third-order valence-corrected chi connectivity index (χ3v) is 7.00. The Morgan fingerprint density at radius 3 is 2.00 bits per heavy atom. The third-order valence-electron chi connectivity index (χ3n) is 6.07. The molecule has 0 unspecified atom stereocenters. The maximum absolute atomic E-state index is 13.1. The summed E-state index contributed by atoms with van der Waals surface area (Å²) >= 11 is 0. The van der Waals surface area contributed by atoms with Gasteiger partial charge in [0, 0.05) is 5.56 Å². The number of fused-ring (bicyclic) bond motifs is 1. The highest BCUT2D eigenvalue weighted by Crippen LogP contribution is 2.32. The molecule has 0 saturated heterocycles. The van der Waals surface area contributed by atoms with Crippen LogP contribution < -0.4 is 15.5 Å². The minimum atomic E-state index is -3.85. The van der Waals surface area contributed by atoms with Gasteiger partial charge in [0.25, 0.3) is 17.7 Å². The summed E-state index contributed by atoms with van der Waals surface area (Å²) in [5, 5.41) is 9.16. The first kappa shape index (κ1) is 25.9. The zero-order valence-corrected chi connectivity index (χ0v) is 21.6. The van der Waals surface area contributed by atoms with Crippen LogP contribution in [-0.4, -0.2) is 31.9 Å². The maximum atomic E-state index is 13.1. The second-order valence-corrected chi connectivity index (χ2v) is 11.3. The quantitative estimate of drug-likeness (QED) is 0.302. The van der Waals surface area contributed by atoms with E-state index in [-0.39, 0.29) is 27.7 Å². The molecule has 0 atom stereocenters. The van der Waals surface area contributed by atoms with Crippen molar-refractivity contribution in [3.8, 4) is 0 Å². The average Bonchev–Trinajstić information content (AvgIpc) is 3.10. The number of hydrazone groups is 1. The van der Waals surface area contributed by atoms with Crippen LogP contribution in [0.25, 0.3) is 0 Å². The molecule has 1 aliphatic heterocycles. The molecule has 0 fully saturated rings. The molecule has 3 N–H and O–H groups in total. The normalized spacial score (nSPS) is 14.1. The van der Waals surface area contributed by atoms with Gasteiger partial charge in [-0.3, -0.25) is 14.4 Å². The van der Waals surface area contributed by atoms with Gasteiger partial charge in [0.15, 0.2) is 0 Å². The maximum Gasteiger partial charge on any atom is 0.271 e. The van der Waals surface area contributed by atoms with Crippen molar-refractivity contribution in [2.75, 3.05) is 4.90 Å². The van der Waals surface area contributed by atoms with Crippen LogP contribution in [0, 0.1) is 0 Å². The van der Waals surface area contributed by atoms with E-state index in [2.05, 4.69) is 10.5 Å². The van der Waals surface area contributed by atoms with Gasteiger partial charge in [-0.15, -0.1) is 0 Å². The lowest BCUT2D eigenvalue weighted by Gasteiger charge is -2.19. The Kier molecular flexibility index (Phi) is 6.57. The van der Waals surface area contributed by atoms with Gasteiger partial charge in [0.05, 0.1) is 27.4 Å². The summed E-state index contributed by atoms with van der Waals surface area (Å²) in [6.07, 6.45) is 0. The summed E-state index contributed by atoms with van der Waals surface area (Å²) < 4.78 is 22.7. The molecule has 4 rings (SSSR count). The van der Waals surface area contributed by atoms with E-state index in [0.717, 1.165) is 10.5 Å². The van der Waals surface area contributed by atoms with Gasteiger partial charge in [0.2, 0.25) is 10.0 Å². The highest BCUT2D eigenvalue weighted by Gasteiger charge is 2.37. The zero-order chi connectivity index (χ0) is 27.1. The van der Waals surface area contributed by atoms with Crippen LogP contribution in [0.4, 0.5) is 5.69 Å². The second-order valence-electron chi connectivity index (χ2n) is 9.71. The molecule has 0 spiro atoms. The topological polar surface area (TPSA) is 139 Å². The van der Waals surface area contributed by atoms with E-state index >= 15 is 0 Å². The Hall–Kier alpha value is -4.15. The first-order chi connectivity index (χ1) is 17.3. The van der Waals surface area contributed by atoms with Crippen molar-refractivity contribution < 1.29 is 22.8 Å². The van der Waals surface area contributed by atoms with Crippen LogP contribution in [0.3, 0.4) is 0 Å². The minimum absolute atomic E-state index is 0.100. The van der Waals surface area contributed by atoms with Gasteiger partial charge in [0.1, 0.15) is 0 Å². The number of nitrogens with two attached hydrogens (primary N) is 1. The molecule has 1 heterocycles. The molecule has 9 nitrogen and oxygen atoms in total. The van der Waals surface area contributed by atoms with Crippen LogP contribution in [-0.2, 0) is 15.4 Å². The molecular weight excluding hydrogens is 492 g/mol. The third kappa shape index (κ3) is 5.20.